The first-order valence-electron chi connectivity index (χ1n) is 10.7. The van der Waals surface area contributed by atoms with Gasteiger partial charge in [0.1, 0.15) is 5.82 Å². The van der Waals surface area contributed by atoms with Gasteiger partial charge in [0.05, 0.1) is 12.2 Å². The first kappa shape index (κ1) is 21.6. The lowest BCUT2D eigenvalue weighted by Crippen LogP contribution is -2.15. The number of benzene rings is 1. The summed E-state index contributed by atoms with van der Waals surface area (Å²) in [6.07, 6.45) is 10.9. The van der Waals surface area contributed by atoms with Crippen molar-refractivity contribution in [2.24, 2.45) is 7.05 Å². The van der Waals surface area contributed by atoms with Crippen molar-refractivity contribution in [3.05, 3.63) is 89.1 Å². The monoisotopic (exact) mass is 429 g/mol. The van der Waals surface area contributed by atoms with Gasteiger partial charge in [-0.25, -0.2) is 9.97 Å². The van der Waals surface area contributed by atoms with Crippen molar-refractivity contribution in [3.63, 3.8) is 0 Å². The smallest absolute Gasteiger partial charge is 0.250 e. The minimum absolute atomic E-state index is 0.0852. The van der Waals surface area contributed by atoms with Crippen LogP contribution in [-0.4, -0.2) is 38.0 Å². The summed E-state index contributed by atoms with van der Waals surface area (Å²) in [6.45, 7) is 2.79. The molecule has 0 bridgehead atoms. The number of pyridine rings is 1. The van der Waals surface area contributed by atoms with Crippen LogP contribution < -0.4 is 5.56 Å². The minimum Gasteiger partial charge on any atom is -0.385 e. The average molecular weight is 430 g/mol. The van der Waals surface area contributed by atoms with Crippen LogP contribution in [0.5, 0.6) is 0 Å². The number of hydrogen-bond donors (Lipinski definition) is 0. The Morgan fingerprint density at radius 3 is 2.47 bits per heavy atom. The molecule has 0 aliphatic heterocycles. The summed E-state index contributed by atoms with van der Waals surface area (Å²) in [6, 6.07) is 12.0. The van der Waals surface area contributed by atoms with E-state index in [1.165, 1.54) is 5.56 Å². The van der Waals surface area contributed by atoms with E-state index in [1.54, 1.807) is 37.2 Å². The lowest BCUT2D eigenvalue weighted by molar-refractivity contribution is 0.194. The van der Waals surface area contributed by atoms with Crippen LogP contribution in [0.2, 0.25) is 0 Å². The molecule has 0 aliphatic rings. The molecule has 4 aromatic rings. The average Bonchev–Trinajstić information content (AvgIpc) is 3.31. The Morgan fingerprint density at radius 2 is 1.75 bits per heavy atom. The molecule has 0 saturated carbocycles. The molecule has 3 aromatic heterocycles. The van der Waals surface area contributed by atoms with Crippen LogP contribution in [0.1, 0.15) is 30.8 Å². The predicted octanol–water partition coefficient (Wildman–Crippen LogP) is 3.89. The summed E-state index contributed by atoms with van der Waals surface area (Å²) in [7, 11) is 3.44. The molecule has 164 valence electrons. The van der Waals surface area contributed by atoms with Crippen LogP contribution in [0.4, 0.5) is 0 Å². The first-order valence-corrected chi connectivity index (χ1v) is 10.7. The SMILES string of the molecule is COCCCc1ncc(-c2cc(=O)n(C)cc2-c2cnn(C(C)c3ccccc3)c2)cn1. The number of hydrogen-bond acceptors (Lipinski definition) is 5. The van der Waals surface area contributed by atoms with Crippen LogP contribution in [0.15, 0.2) is 72.2 Å². The molecule has 7 nitrogen and oxygen atoms in total. The van der Waals surface area contributed by atoms with E-state index < -0.39 is 0 Å². The molecule has 0 fully saturated rings. The fourth-order valence-electron chi connectivity index (χ4n) is 3.67. The van der Waals surface area contributed by atoms with E-state index in [0.717, 1.165) is 40.9 Å². The van der Waals surface area contributed by atoms with Crippen molar-refractivity contribution in [1.29, 1.82) is 0 Å². The van der Waals surface area contributed by atoms with Crippen molar-refractivity contribution < 1.29 is 4.74 Å². The van der Waals surface area contributed by atoms with Gasteiger partial charge in [-0.05, 0) is 24.5 Å². The number of methoxy groups -OCH3 is 1. The molecule has 7 heteroatoms. The van der Waals surface area contributed by atoms with Crippen molar-refractivity contribution in [2.45, 2.75) is 25.8 Å². The largest absolute Gasteiger partial charge is 0.385 e. The van der Waals surface area contributed by atoms with Crippen LogP contribution in [0, 0.1) is 0 Å². The number of nitrogens with zero attached hydrogens (tertiary/aromatic N) is 5. The van der Waals surface area contributed by atoms with Gasteiger partial charge in [-0.2, -0.15) is 5.10 Å². The second-order valence-electron chi connectivity index (χ2n) is 7.83. The van der Waals surface area contributed by atoms with E-state index in [-0.39, 0.29) is 11.6 Å². The molecular formula is C25H27N5O2. The Labute approximate surface area is 187 Å². The Hall–Kier alpha value is -3.58. The zero-order valence-corrected chi connectivity index (χ0v) is 18.6. The van der Waals surface area contributed by atoms with Crippen molar-refractivity contribution in [1.82, 2.24) is 24.3 Å². The van der Waals surface area contributed by atoms with Crippen LogP contribution >= 0.6 is 0 Å². The Balaban J connectivity index is 1.68. The molecule has 0 N–H and O–H groups in total. The highest BCUT2D eigenvalue weighted by Gasteiger charge is 2.15. The standard InChI is InChI=1S/C25H27N5O2/c1-18(19-8-5-4-6-9-19)30-16-21(15-28-30)23-17-29(2)25(31)12-22(23)20-13-26-24(27-14-20)10-7-11-32-3/h4-6,8-9,12-18H,7,10-11H2,1-3H3. The summed E-state index contributed by atoms with van der Waals surface area (Å²) in [5.41, 5.74) is 4.54. The molecule has 0 spiro atoms. The lowest BCUT2D eigenvalue weighted by Gasteiger charge is -2.13. The normalized spacial score (nSPS) is 12.1. The maximum Gasteiger partial charge on any atom is 0.250 e. The molecule has 1 atom stereocenters. The summed E-state index contributed by atoms with van der Waals surface area (Å²) in [4.78, 5) is 21.4. The molecule has 0 amide bonds. The summed E-state index contributed by atoms with van der Waals surface area (Å²) < 4.78 is 8.61. The zero-order valence-electron chi connectivity index (χ0n) is 18.6. The molecular weight excluding hydrogens is 402 g/mol. The minimum atomic E-state index is -0.0852. The van der Waals surface area contributed by atoms with E-state index in [2.05, 4.69) is 34.1 Å². The van der Waals surface area contributed by atoms with Crippen LogP contribution in [0.25, 0.3) is 22.3 Å². The van der Waals surface area contributed by atoms with Gasteiger partial charge in [0.2, 0.25) is 0 Å². The van der Waals surface area contributed by atoms with Crippen molar-refractivity contribution in [3.8, 4) is 22.3 Å². The topological polar surface area (TPSA) is 74.8 Å². The van der Waals surface area contributed by atoms with Crippen molar-refractivity contribution >= 4 is 0 Å². The summed E-state index contributed by atoms with van der Waals surface area (Å²) in [5.74, 6) is 0.765. The lowest BCUT2D eigenvalue weighted by atomic mass is 10.0. The second-order valence-corrected chi connectivity index (χ2v) is 7.83. The highest BCUT2D eigenvalue weighted by molar-refractivity contribution is 5.81. The van der Waals surface area contributed by atoms with E-state index >= 15 is 0 Å². The Kier molecular flexibility index (Phi) is 6.56. The fraction of sp³-hybridized carbons (Fsp3) is 0.280. The number of rotatable bonds is 8. The molecule has 1 aromatic carbocycles. The molecule has 1 unspecified atom stereocenters. The third kappa shape index (κ3) is 4.68. The molecule has 0 radical (unpaired) electrons. The highest BCUT2D eigenvalue weighted by Crippen LogP contribution is 2.31. The van der Waals surface area contributed by atoms with E-state index in [0.29, 0.717) is 6.61 Å². The van der Waals surface area contributed by atoms with E-state index in [1.807, 2.05) is 41.5 Å². The van der Waals surface area contributed by atoms with Gasteiger partial charge in [-0.15, -0.1) is 0 Å². The van der Waals surface area contributed by atoms with Gasteiger partial charge >= 0.3 is 0 Å². The van der Waals surface area contributed by atoms with Crippen LogP contribution in [-0.2, 0) is 18.2 Å². The molecule has 0 aliphatic carbocycles. The molecule has 32 heavy (non-hydrogen) atoms. The quantitative estimate of drug-likeness (QED) is 0.397. The number of aryl methyl sites for hydroxylation is 2. The van der Waals surface area contributed by atoms with Gasteiger partial charge in [0.15, 0.2) is 0 Å². The maximum absolute atomic E-state index is 12.4. The van der Waals surface area contributed by atoms with Gasteiger partial charge in [0, 0.05) is 74.7 Å². The summed E-state index contributed by atoms with van der Waals surface area (Å²) in [5, 5.41) is 4.60. The molecule has 4 rings (SSSR count). The number of ether oxygens (including phenoxy) is 1. The third-order valence-electron chi connectivity index (χ3n) is 5.58. The van der Waals surface area contributed by atoms with Crippen molar-refractivity contribution in [2.75, 3.05) is 13.7 Å². The zero-order chi connectivity index (χ0) is 22.5. The Morgan fingerprint density at radius 1 is 1.00 bits per heavy atom. The molecule has 0 saturated heterocycles. The van der Waals surface area contributed by atoms with Gasteiger partial charge in [-0.3, -0.25) is 9.48 Å². The first-order chi connectivity index (χ1) is 15.6. The maximum atomic E-state index is 12.4. The Bertz CT molecular complexity index is 1230. The fourth-order valence-corrected chi connectivity index (χ4v) is 3.67. The summed E-state index contributed by atoms with van der Waals surface area (Å²) >= 11 is 0. The third-order valence-corrected chi connectivity index (χ3v) is 5.58. The van der Waals surface area contributed by atoms with Gasteiger partial charge in [0.25, 0.3) is 5.56 Å². The van der Waals surface area contributed by atoms with Crippen LogP contribution in [0.3, 0.4) is 0 Å². The highest BCUT2D eigenvalue weighted by atomic mass is 16.5. The van der Waals surface area contributed by atoms with Gasteiger partial charge < -0.3 is 9.30 Å². The number of aromatic nitrogens is 5. The second kappa shape index (κ2) is 9.70. The predicted molar refractivity (Wildman–Crippen MR) is 124 cm³/mol. The van der Waals surface area contributed by atoms with E-state index in [9.17, 15) is 4.79 Å². The molecule has 3 heterocycles. The van der Waals surface area contributed by atoms with Gasteiger partial charge in [-0.1, -0.05) is 30.3 Å². The van der Waals surface area contributed by atoms with E-state index in [4.69, 9.17) is 4.74 Å².